The highest BCUT2D eigenvalue weighted by molar-refractivity contribution is 5.16. The summed E-state index contributed by atoms with van der Waals surface area (Å²) >= 11 is 0. The van der Waals surface area contributed by atoms with Gasteiger partial charge in [0.25, 0.3) is 5.56 Å². The number of hydrogen-bond donors (Lipinski definition) is 0. The molecule has 0 radical (unpaired) electrons. The first-order chi connectivity index (χ1) is 7.24. The van der Waals surface area contributed by atoms with Gasteiger partial charge in [-0.1, -0.05) is 6.07 Å². The van der Waals surface area contributed by atoms with E-state index in [-0.39, 0.29) is 5.56 Å². The molecule has 0 aromatic carbocycles. The molecule has 0 unspecified atom stereocenters. The number of piperidine rings is 1. The number of likely N-dealkylation sites (N-methyl/N-ethyl adjacent to an activating group) is 1. The summed E-state index contributed by atoms with van der Waals surface area (Å²) in [6, 6.07) is 5.68. The SMILES string of the molecule is CN1C[C@@H]2C[C@H](C1)c1cccc(=O)n1C2. The van der Waals surface area contributed by atoms with E-state index in [2.05, 4.69) is 18.0 Å². The molecule has 0 saturated carbocycles. The molecule has 1 fully saturated rings. The molecule has 2 atom stereocenters. The fourth-order valence-corrected chi connectivity index (χ4v) is 3.14. The summed E-state index contributed by atoms with van der Waals surface area (Å²) in [5.41, 5.74) is 1.41. The van der Waals surface area contributed by atoms with Gasteiger partial charge in [0.05, 0.1) is 0 Å². The summed E-state index contributed by atoms with van der Waals surface area (Å²) in [6.07, 6.45) is 1.26. The monoisotopic (exact) mass is 204 g/mol. The molecule has 2 aliphatic rings. The Morgan fingerprint density at radius 3 is 3.00 bits per heavy atom. The second-order valence-electron chi connectivity index (χ2n) is 4.92. The van der Waals surface area contributed by atoms with Crippen LogP contribution in [0.1, 0.15) is 18.0 Å². The number of hydrogen-bond acceptors (Lipinski definition) is 2. The highest BCUT2D eigenvalue weighted by Gasteiger charge is 2.32. The Morgan fingerprint density at radius 1 is 1.27 bits per heavy atom. The molecular formula is C12H16N2O. The van der Waals surface area contributed by atoms with Crippen LogP contribution >= 0.6 is 0 Å². The van der Waals surface area contributed by atoms with Gasteiger partial charge < -0.3 is 9.47 Å². The minimum atomic E-state index is 0.173. The van der Waals surface area contributed by atoms with E-state index >= 15 is 0 Å². The van der Waals surface area contributed by atoms with Crippen molar-refractivity contribution in [1.29, 1.82) is 0 Å². The summed E-state index contributed by atoms with van der Waals surface area (Å²) in [7, 11) is 2.18. The molecule has 15 heavy (non-hydrogen) atoms. The van der Waals surface area contributed by atoms with E-state index in [1.165, 1.54) is 12.1 Å². The van der Waals surface area contributed by atoms with Crippen LogP contribution in [0, 0.1) is 5.92 Å². The predicted molar refractivity (Wildman–Crippen MR) is 59.0 cm³/mol. The number of nitrogens with zero attached hydrogens (tertiary/aromatic N) is 2. The lowest BCUT2D eigenvalue weighted by Gasteiger charge is -2.41. The van der Waals surface area contributed by atoms with Crippen LogP contribution in [0.3, 0.4) is 0 Å². The third-order valence-corrected chi connectivity index (χ3v) is 3.66. The highest BCUT2D eigenvalue weighted by Crippen LogP contribution is 2.33. The van der Waals surface area contributed by atoms with Gasteiger partial charge in [0.15, 0.2) is 0 Å². The van der Waals surface area contributed by atoms with Crippen LogP contribution < -0.4 is 5.56 Å². The fraction of sp³-hybridized carbons (Fsp3) is 0.583. The average Bonchev–Trinajstić information content (AvgIpc) is 2.19. The topological polar surface area (TPSA) is 25.2 Å². The van der Waals surface area contributed by atoms with Crippen LogP contribution in [-0.4, -0.2) is 29.6 Å². The van der Waals surface area contributed by atoms with Crippen molar-refractivity contribution < 1.29 is 0 Å². The van der Waals surface area contributed by atoms with E-state index in [1.807, 2.05) is 10.6 Å². The third-order valence-electron chi connectivity index (χ3n) is 3.66. The molecule has 80 valence electrons. The molecule has 0 amide bonds. The van der Waals surface area contributed by atoms with Crippen molar-refractivity contribution in [1.82, 2.24) is 9.47 Å². The first-order valence-electron chi connectivity index (χ1n) is 5.62. The molecule has 2 bridgehead atoms. The Balaban J connectivity index is 2.10. The van der Waals surface area contributed by atoms with Crippen molar-refractivity contribution in [3.63, 3.8) is 0 Å². The lowest BCUT2D eigenvalue weighted by Crippen LogP contribution is -2.45. The molecule has 1 saturated heterocycles. The smallest absolute Gasteiger partial charge is 0.250 e. The zero-order valence-electron chi connectivity index (χ0n) is 9.02. The van der Waals surface area contributed by atoms with Crippen molar-refractivity contribution >= 4 is 0 Å². The van der Waals surface area contributed by atoms with Gasteiger partial charge in [-0.25, -0.2) is 0 Å². The first kappa shape index (κ1) is 9.16. The minimum absolute atomic E-state index is 0.173. The van der Waals surface area contributed by atoms with Crippen LogP contribution in [-0.2, 0) is 6.54 Å². The van der Waals surface area contributed by atoms with Gasteiger partial charge in [0.1, 0.15) is 0 Å². The second kappa shape index (κ2) is 3.20. The maximum absolute atomic E-state index is 11.7. The Kier molecular flexibility index (Phi) is 1.96. The summed E-state index contributed by atoms with van der Waals surface area (Å²) in [6.45, 7) is 3.15. The van der Waals surface area contributed by atoms with Gasteiger partial charge in [0, 0.05) is 37.3 Å². The van der Waals surface area contributed by atoms with Crippen LogP contribution in [0.2, 0.25) is 0 Å². The Bertz CT molecular complexity index is 437. The molecule has 3 rings (SSSR count). The van der Waals surface area contributed by atoms with E-state index in [0.29, 0.717) is 11.8 Å². The summed E-state index contributed by atoms with van der Waals surface area (Å²) in [5, 5.41) is 0. The molecule has 0 aliphatic carbocycles. The zero-order valence-corrected chi connectivity index (χ0v) is 9.02. The number of rotatable bonds is 0. The summed E-state index contributed by atoms with van der Waals surface area (Å²) in [4.78, 5) is 14.1. The highest BCUT2D eigenvalue weighted by atomic mass is 16.1. The number of likely N-dealkylation sites (tertiary alicyclic amines) is 1. The second-order valence-corrected chi connectivity index (χ2v) is 4.92. The molecule has 1 aromatic heterocycles. The lowest BCUT2D eigenvalue weighted by molar-refractivity contribution is 0.145. The van der Waals surface area contributed by atoms with E-state index in [0.717, 1.165) is 19.6 Å². The van der Waals surface area contributed by atoms with Crippen molar-refractivity contribution in [3.8, 4) is 0 Å². The van der Waals surface area contributed by atoms with E-state index in [9.17, 15) is 4.79 Å². The first-order valence-corrected chi connectivity index (χ1v) is 5.62. The number of aromatic nitrogens is 1. The Morgan fingerprint density at radius 2 is 2.13 bits per heavy atom. The van der Waals surface area contributed by atoms with E-state index < -0.39 is 0 Å². The summed E-state index contributed by atoms with van der Waals surface area (Å²) in [5.74, 6) is 1.23. The van der Waals surface area contributed by atoms with Gasteiger partial charge in [-0.3, -0.25) is 4.79 Å². The molecule has 0 spiro atoms. The molecule has 3 nitrogen and oxygen atoms in total. The van der Waals surface area contributed by atoms with Crippen molar-refractivity contribution in [2.75, 3.05) is 20.1 Å². The van der Waals surface area contributed by atoms with Gasteiger partial charge in [0.2, 0.25) is 0 Å². The quantitative estimate of drug-likeness (QED) is 0.627. The Hall–Kier alpha value is -1.09. The fourth-order valence-electron chi connectivity index (χ4n) is 3.14. The van der Waals surface area contributed by atoms with Gasteiger partial charge in [-0.05, 0) is 25.5 Å². The molecule has 1 aromatic rings. The van der Waals surface area contributed by atoms with Gasteiger partial charge in [-0.2, -0.15) is 0 Å². The van der Waals surface area contributed by atoms with Crippen LogP contribution in [0.4, 0.5) is 0 Å². The van der Waals surface area contributed by atoms with Crippen LogP contribution in [0.5, 0.6) is 0 Å². The van der Waals surface area contributed by atoms with Crippen molar-refractivity contribution in [3.05, 3.63) is 34.2 Å². The molecule has 2 aliphatic heterocycles. The molecule has 3 heterocycles. The standard InChI is InChI=1S/C12H16N2O/c1-13-6-9-5-10(8-13)11-3-2-4-12(15)14(11)7-9/h2-4,9-10H,5-8H2,1H3/t9-,10+/m0/s1. The largest absolute Gasteiger partial charge is 0.312 e. The molecule has 3 heteroatoms. The van der Waals surface area contributed by atoms with Gasteiger partial charge >= 0.3 is 0 Å². The third kappa shape index (κ3) is 1.42. The molecule has 0 N–H and O–H groups in total. The lowest BCUT2D eigenvalue weighted by atomic mass is 9.83. The summed E-state index contributed by atoms with van der Waals surface area (Å²) < 4.78 is 1.98. The minimum Gasteiger partial charge on any atom is -0.312 e. The zero-order chi connectivity index (χ0) is 10.4. The van der Waals surface area contributed by atoms with Gasteiger partial charge in [-0.15, -0.1) is 0 Å². The van der Waals surface area contributed by atoms with Crippen LogP contribution in [0.15, 0.2) is 23.0 Å². The van der Waals surface area contributed by atoms with E-state index in [4.69, 9.17) is 0 Å². The maximum atomic E-state index is 11.7. The normalized spacial score (nSPS) is 29.9. The number of pyridine rings is 1. The van der Waals surface area contributed by atoms with Crippen LogP contribution in [0.25, 0.3) is 0 Å². The van der Waals surface area contributed by atoms with E-state index in [1.54, 1.807) is 6.07 Å². The van der Waals surface area contributed by atoms with Crippen molar-refractivity contribution in [2.24, 2.45) is 5.92 Å². The molecular weight excluding hydrogens is 188 g/mol. The number of fused-ring (bicyclic) bond motifs is 4. The average molecular weight is 204 g/mol. The van der Waals surface area contributed by atoms with Crippen molar-refractivity contribution in [2.45, 2.75) is 18.9 Å². The Labute approximate surface area is 89.3 Å². The predicted octanol–water partition coefficient (Wildman–Crippen LogP) is 0.897. The maximum Gasteiger partial charge on any atom is 0.250 e.